The van der Waals surface area contributed by atoms with Crippen molar-refractivity contribution in [1.82, 2.24) is 9.13 Å². The van der Waals surface area contributed by atoms with Crippen LogP contribution in [0, 0.1) is 0 Å². The number of fused-ring (bicyclic) bond motifs is 1. The Hall–Kier alpha value is -2.08. The van der Waals surface area contributed by atoms with Gasteiger partial charge in [-0.25, -0.2) is 4.79 Å². The molecular weight excluding hydrogens is 248 g/mol. The number of benzene rings is 1. The van der Waals surface area contributed by atoms with Crippen LogP contribution in [0.3, 0.4) is 0 Å². The Morgan fingerprint density at radius 3 is 2.53 bits per heavy atom. The lowest BCUT2D eigenvalue weighted by atomic mass is 10.0. The summed E-state index contributed by atoms with van der Waals surface area (Å²) >= 11 is 0. The van der Waals surface area contributed by atoms with Crippen molar-refractivity contribution in [3.05, 3.63) is 34.2 Å². The van der Waals surface area contributed by atoms with E-state index in [1.807, 2.05) is 0 Å². The molecule has 2 rings (SSSR count). The van der Waals surface area contributed by atoms with Crippen molar-refractivity contribution in [2.24, 2.45) is 14.1 Å². The molecule has 2 aromatic rings. The highest BCUT2D eigenvalue weighted by atomic mass is 16.4. The van der Waals surface area contributed by atoms with Gasteiger partial charge in [-0.2, -0.15) is 0 Å². The molecule has 1 heterocycles. The molecule has 0 aliphatic rings. The lowest BCUT2D eigenvalue weighted by molar-refractivity contribution is -0.137. The number of aliphatic hydroxyl groups excluding tert-OH is 1. The van der Waals surface area contributed by atoms with Crippen LogP contribution in [0.4, 0.5) is 0 Å². The zero-order valence-corrected chi connectivity index (χ0v) is 10.8. The first kappa shape index (κ1) is 13.4. The van der Waals surface area contributed by atoms with E-state index in [-0.39, 0.29) is 18.5 Å². The second-order valence-corrected chi connectivity index (χ2v) is 4.60. The summed E-state index contributed by atoms with van der Waals surface area (Å²) in [6.45, 7) is 0. The van der Waals surface area contributed by atoms with Gasteiger partial charge in [0.05, 0.1) is 17.1 Å². The summed E-state index contributed by atoms with van der Waals surface area (Å²) in [6.07, 6.45) is -0.773. The van der Waals surface area contributed by atoms with E-state index in [0.29, 0.717) is 5.56 Å². The van der Waals surface area contributed by atoms with Gasteiger partial charge in [0.15, 0.2) is 0 Å². The van der Waals surface area contributed by atoms with Crippen LogP contribution in [0.2, 0.25) is 0 Å². The number of rotatable bonds is 4. The number of aliphatic hydroxyl groups is 1. The van der Waals surface area contributed by atoms with E-state index in [1.165, 1.54) is 9.13 Å². The molecule has 1 unspecified atom stereocenters. The minimum atomic E-state index is -0.938. The molecule has 0 bridgehead atoms. The van der Waals surface area contributed by atoms with E-state index in [0.717, 1.165) is 11.0 Å². The molecule has 1 aromatic carbocycles. The minimum Gasteiger partial charge on any atom is -0.481 e. The summed E-state index contributed by atoms with van der Waals surface area (Å²) < 4.78 is 3.03. The number of carboxylic acids is 1. The van der Waals surface area contributed by atoms with Crippen LogP contribution in [0.5, 0.6) is 0 Å². The average Bonchev–Trinajstić information content (AvgIpc) is 2.61. The fourth-order valence-corrected chi connectivity index (χ4v) is 2.16. The van der Waals surface area contributed by atoms with E-state index >= 15 is 0 Å². The normalized spacial score (nSPS) is 12.8. The Labute approximate surface area is 109 Å². The number of nitrogens with zero attached hydrogens (tertiary/aromatic N) is 2. The van der Waals surface area contributed by atoms with Crippen LogP contribution in [0.1, 0.15) is 24.5 Å². The Balaban J connectivity index is 2.39. The molecule has 1 aromatic heterocycles. The molecule has 0 saturated heterocycles. The number of aromatic nitrogens is 2. The van der Waals surface area contributed by atoms with Crippen molar-refractivity contribution in [1.29, 1.82) is 0 Å². The smallest absolute Gasteiger partial charge is 0.328 e. The first-order valence-electron chi connectivity index (χ1n) is 5.97. The molecule has 0 fully saturated rings. The van der Waals surface area contributed by atoms with Crippen molar-refractivity contribution in [3.63, 3.8) is 0 Å². The number of aryl methyl sites for hydroxylation is 2. The maximum Gasteiger partial charge on any atom is 0.328 e. The van der Waals surface area contributed by atoms with Gasteiger partial charge in [-0.05, 0) is 24.1 Å². The van der Waals surface area contributed by atoms with Crippen LogP contribution < -0.4 is 5.69 Å². The minimum absolute atomic E-state index is 0.0904. The van der Waals surface area contributed by atoms with Gasteiger partial charge in [-0.1, -0.05) is 6.07 Å². The predicted octanol–water partition coefficient (Wildman–Crippen LogP) is 0.775. The van der Waals surface area contributed by atoms with Crippen LogP contribution in [0.25, 0.3) is 11.0 Å². The highest BCUT2D eigenvalue weighted by molar-refractivity contribution is 5.77. The monoisotopic (exact) mass is 264 g/mol. The van der Waals surface area contributed by atoms with Crippen LogP contribution in [-0.2, 0) is 18.9 Å². The lowest BCUT2D eigenvalue weighted by Crippen LogP contribution is -2.19. The summed E-state index contributed by atoms with van der Waals surface area (Å²) in [5.74, 6) is -0.938. The van der Waals surface area contributed by atoms with Gasteiger partial charge >= 0.3 is 11.7 Å². The van der Waals surface area contributed by atoms with Gasteiger partial charge in [-0.15, -0.1) is 0 Å². The molecule has 6 heteroatoms. The number of hydrogen-bond acceptors (Lipinski definition) is 3. The number of imidazole rings is 1. The molecule has 102 valence electrons. The Morgan fingerprint density at radius 2 is 1.89 bits per heavy atom. The third kappa shape index (κ3) is 2.39. The second-order valence-electron chi connectivity index (χ2n) is 4.60. The van der Waals surface area contributed by atoms with Crippen molar-refractivity contribution >= 4 is 17.0 Å². The number of carboxylic acid groups (broad SMARTS) is 1. The quantitative estimate of drug-likeness (QED) is 0.854. The van der Waals surface area contributed by atoms with Crippen LogP contribution in [-0.4, -0.2) is 25.3 Å². The topological polar surface area (TPSA) is 84.5 Å². The third-order valence-electron chi connectivity index (χ3n) is 3.31. The molecule has 19 heavy (non-hydrogen) atoms. The highest BCUT2D eigenvalue weighted by Gasteiger charge is 2.13. The van der Waals surface area contributed by atoms with Crippen LogP contribution in [0.15, 0.2) is 23.0 Å². The first-order valence-corrected chi connectivity index (χ1v) is 5.97. The Bertz CT molecular complexity index is 684. The van der Waals surface area contributed by atoms with Gasteiger partial charge in [0.1, 0.15) is 0 Å². The van der Waals surface area contributed by atoms with Crippen molar-refractivity contribution in [3.8, 4) is 0 Å². The standard InChI is InChI=1S/C13H16N2O4/c1-14-9-4-3-8(11(16)5-6-12(17)18)7-10(9)15(2)13(14)19/h3-4,7,11,16H,5-6H2,1-2H3,(H,17,18). The van der Waals surface area contributed by atoms with E-state index in [9.17, 15) is 14.7 Å². The molecule has 2 N–H and O–H groups in total. The second kappa shape index (κ2) is 4.89. The molecule has 0 spiro atoms. The van der Waals surface area contributed by atoms with Gasteiger partial charge in [0.25, 0.3) is 0 Å². The summed E-state index contributed by atoms with van der Waals surface area (Å²) in [7, 11) is 3.35. The first-order chi connectivity index (χ1) is 8.91. The van der Waals surface area contributed by atoms with E-state index < -0.39 is 12.1 Å². The fourth-order valence-electron chi connectivity index (χ4n) is 2.16. The highest BCUT2D eigenvalue weighted by Crippen LogP contribution is 2.22. The van der Waals surface area contributed by atoms with E-state index in [1.54, 1.807) is 32.3 Å². The third-order valence-corrected chi connectivity index (χ3v) is 3.31. The van der Waals surface area contributed by atoms with Crippen molar-refractivity contribution in [2.45, 2.75) is 18.9 Å². The summed E-state index contributed by atoms with van der Waals surface area (Å²) in [6, 6.07) is 5.20. The molecule has 0 aliphatic carbocycles. The average molecular weight is 264 g/mol. The zero-order valence-electron chi connectivity index (χ0n) is 10.8. The van der Waals surface area contributed by atoms with Gasteiger partial charge < -0.3 is 10.2 Å². The lowest BCUT2D eigenvalue weighted by Gasteiger charge is -2.10. The summed E-state index contributed by atoms with van der Waals surface area (Å²) in [5, 5.41) is 18.5. The number of hydrogen-bond donors (Lipinski definition) is 2. The molecule has 0 aliphatic heterocycles. The van der Waals surface area contributed by atoms with Gasteiger partial charge in [0.2, 0.25) is 0 Å². The van der Waals surface area contributed by atoms with Gasteiger partial charge in [0, 0.05) is 20.5 Å². The number of aliphatic carboxylic acids is 1. The van der Waals surface area contributed by atoms with Crippen molar-refractivity contribution in [2.75, 3.05) is 0 Å². The van der Waals surface area contributed by atoms with Gasteiger partial charge in [-0.3, -0.25) is 13.9 Å². The summed E-state index contributed by atoms with van der Waals surface area (Å²) in [4.78, 5) is 22.3. The molecule has 1 atom stereocenters. The van der Waals surface area contributed by atoms with Crippen LogP contribution >= 0.6 is 0 Å². The van der Waals surface area contributed by atoms with E-state index in [2.05, 4.69) is 0 Å². The van der Waals surface area contributed by atoms with Crippen molar-refractivity contribution < 1.29 is 15.0 Å². The molecule has 0 amide bonds. The Morgan fingerprint density at radius 1 is 1.26 bits per heavy atom. The molecule has 0 saturated carbocycles. The van der Waals surface area contributed by atoms with E-state index in [4.69, 9.17) is 5.11 Å². The maximum atomic E-state index is 11.8. The SMILES string of the molecule is Cn1c(=O)n(C)c2cc(C(O)CCC(=O)O)ccc21. The number of carbonyl (C=O) groups is 1. The maximum absolute atomic E-state index is 11.8. The molecule has 6 nitrogen and oxygen atoms in total. The zero-order chi connectivity index (χ0) is 14.2. The Kier molecular flexibility index (Phi) is 3.44. The molecule has 0 radical (unpaired) electrons. The fraction of sp³-hybridized carbons (Fsp3) is 0.385. The predicted molar refractivity (Wildman–Crippen MR) is 70.0 cm³/mol. The largest absolute Gasteiger partial charge is 0.481 e. The molecular formula is C13H16N2O4. The summed E-state index contributed by atoms with van der Waals surface area (Å²) in [5.41, 5.74) is 1.99.